The minimum atomic E-state index is -1.49. The van der Waals surface area contributed by atoms with Crippen LogP contribution in [0.4, 0.5) is 0 Å². The van der Waals surface area contributed by atoms with E-state index in [-0.39, 0.29) is 25.7 Å². The third-order valence-electron chi connectivity index (χ3n) is 6.54. The highest BCUT2D eigenvalue weighted by atomic mass is 16.6. The summed E-state index contributed by atoms with van der Waals surface area (Å²) in [5.74, 6) is -16.7. The molecule has 32 heavy (non-hydrogen) atoms. The maximum absolute atomic E-state index is 12.7. The molecular weight excluding hydrogens is 432 g/mol. The zero-order valence-corrected chi connectivity index (χ0v) is 16.8. The lowest BCUT2D eigenvalue weighted by atomic mass is 9.71. The van der Waals surface area contributed by atoms with E-state index in [1.165, 1.54) is 0 Å². The number of hydrogen-bond donors (Lipinski definition) is 0. The van der Waals surface area contributed by atoms with Crippen LogP contribution in [0.1, 0.15) is 32.6 Å². The van der Waals surface area contributed by atoms with Gasteiger partial charge in [-0.25, -0.2) is 0 Å². The monoisotopic (exact) mass is 450 g/mol. The lowest BCUT2D eigenvalue weighted by Crippen LogP contribution is -2.44. The van der Waals surface area contributed by atoms with Crippen molar-refractivity contribution in [3.8, 4) is 0 Å². The fourth-order valence-electron chi connectivity index (χ4n) is 5.09. The van der Waals surface area contributed by atoms with Gasteiger partial charge in [-0.3, -0.25) is 38.4 Å². The lowest BCUT2D eigenvalue weighted by Gasteiger charge is -2.31. The van der Waals surface area contributed by atoms with Crippen molar-refractivity contribution in [3.63, 3.8) is 0 Å². The van der Waals surface area contributed by atoms with Crippen molar-refractivity contribution in [2.45, 2.75) is 32.6 Å². The summed E-state index contributed by atoms with van der Waals surface area (Å²) in [6.45, 7) is 0.969. The van der Waals surface area contributed by atoms with Crippen molar-refractivity contribution in [3.05, 3.63) is 0 Å². The maximum Gasteiger partial charge on any atom is 0.318 e. The summed E-state index contributed by atoms with van der Waals surface area (Å²) >= 11 is 0. The highest BCUT2D eigenvalue weighted by Gasteiger charge is 2.59. The van der Waals surface area contributed by atoms with Crippen LogP contribution in [0, 0.1) is 41.4 Å². The number of fused-ring (bicyclic) bond motifs is 5. The van der Waals surface area contributed by atoms with Crippen molar-refractivity contribution in [1.29, 1.82) is 0 Å². The Morgan fingerprint density at radius 1 is 0.688 bits per heavy atom. The molecule has 1 saturated carbocycles. The number of esters is 8. The molecule has 4 fully saturated rings. The smallest absolute Gasteiger partial charge is 0.318 e. The molecule has 0 amide bonds. The van der Waals surface area contributed by atoms with Crippen LogP contribution in [-0.2, 0) is 57.3 Å². The van der Waals surface area contributed by atoms with Crippen LogP contribution in [-0.4, -0.2) is 47.8 Å². The molecule has 0 aromatic rings. The summed E-state index contributed by atoms with van der Waals surface area (Å²) in [5, 5.41) is 0. The molecule has 7 atom stereocenters. The number of hydrogen-bond acceptors (Lipinski definition) is 12. The quantitative estimate of drug-likeness (QED) is 0.277. The van der Waals surface area contributed by atoms with E-state index in [2.05, 4.69) is 4.74 Å². The molecular formula is C20H18O12. The average molecular weight is 450 g/mol. The van der Waals surface area contributed by atoms with E-state index in [9.17, 15) is 38.4 Å². The Bertz CT molecular complexity index is 964. The average Bonchev–Trinajstić information content (AvgIpc) is 3.11. The first kappa shape index (κ1) is 21.8. The molecule has 12 nitrogen and oxygen atoms in total. The van der Waals surface area contributed by atoms with Crippen LogP contribution >= 0.6 is 0 Å². The summed E-state index contributed by atoms with van der Waals surface area (Å²) in [6, 6.07) is 0. The predicted octanol–water partition coefficient (Wildman–Crippen LogP) is -0.786. The number of ether oxygens (including phenoxy) is 4. The Labute approximate surface area is 179 Å². The topological polar surface area (TPSA) is 173 Å². The van der Waals surface area contributed by atoms with Gasteiger partial charge in [0.25, 0.3) is 0 Å². The molecule has 0 aromatic carbocycles. The summed E-state index contributed by atoms with van der Waals surface area (Å²) in [5.41, 5.74) is 0. The fourth-order valence-corrected chi connectivity index (χ4v) is 5.09. The summed E-state index contributed by atoms with van der Waals surface area (Å²) in [4.78, 5) is 98.3. The van der Waals surface area contributed by atoms with Gasteiger partial charge < -0.3 is 18.9 Å². The minimum Gasteiger partial charge on any atom is -0.393 e. The molecule has 0 N–H and O–H groups in total. The molecule has 170 valence electrons. The van der Waals surface area contributed by atoms with Gasteiger partial charge in [0.1, 0.15) is 0 Å². The van der Waals surface area contributed by atoms with Crippen molar-refractivity contribution in [2.75, 3.05) is 0 Å². The number of rotatable bonds is 1. The second-order valence-corrected chi connectivity index (χ2v) is 8.36. The van der Waals surface area contributed by atoms with Gasteiger partial charge >= 0.3 is 47.8 Å². The molecule has 0 radical (unpaired) electrons. The van der Waals surface area contributed by atoms with Crippen LogP contribution in [0.2, 0.25) is 0 Å². The van der Waals surface area contributed by atoms with Crippen molar-refractivity contribution < 1.29 is 57.3 Å². The third-order valence-corrected chi connectivity index (χ3v) is 6.54. The second kappa shape index (κ2) is 7.92. The molecule has 3 aliphatic heterocycles. The Morgan fingerprint density at radius 3 is 1.91 bits per heavy atom. The summed E-state index contributed by atoms with van der Waals surface area (Å²) < 4.78 is 18.8. The lowest BCUT2D eigenvalue weighted by molar-refractivity contribution is -0.178. The standard InChI is InChI=1S/C20H18O12/c1-6(21)29-16(24)9-3-2-8-10(17(25)31-15(8)23)4-7-5-11(18(26)30-14(7)22)13-12(9)19(27)32-20(13)28/h7-13H,2-5H2,1H3. The Kier molecular flexibility index (Phi) is 5.39. The Morgan fingerprint density at radius 2 is 1.22 bits per heavy atom. The molecule has 4 aliphatic rings. The predicted molar refractivity (Wildman–Crippen MR) is 93.0 cm³/mol. The van der Waals surface area contributed by atoms with Gasteiger partial charge in [-0.15, -0.1) is 0 Å². The SMILES string of the molecule is CC(=O)OC(=O)C1CCC2C(=O)OC(=O)C2CC2CC(C(=O)OC2=O)C2C(=O)OC(=O)C12. The van der Waals surface area contributed by atoms with Gasteiger partial charge in [0.05, 0.1) is 41.4 Å². The molecule has 0 aromatic heterocycles. The normalized spacial score (nSPS) is 36.8. The zero-order chi connectivity index (χ0) is 23.3. The van der Waals surface area contributed by atoms with E-state index in [1.807, 2.05) is 0 Å². The Balaban J connectivity index is 1.79. The first-order chi connectivity index (χ1) is 15.1. The summed E-state index contributed by atoms with van der Waals surface area (Å²) in [7, 11) is 0. The highest BCUT2D eigenvalue weighted by molar-refractivity contribution is 6.03. The van der Waals surface area contributed by atoms with E-state index in [1.54, 1.807) is 0 Å². The van der Waals surface area contributed by atoms with Crippen LogP contribution in [0.3, 0.4) is 0 Å². The first-order valence-corrected chi connectivity index (χ1v) is 10.1. The Hall–Kier alpha value is -3.44. The van der Waals surface area contributed by atoms with Gasteiger partial charge in [0.15, 0.2) is 0 Å². The maximum atomic E-state index is 12.7. The minimum absolute atomic E-state index is 0.127. The molecule has 4 rings (SSSR count). The van der Waals surface area contributed by atoms with Gasteiger partial charge in [0.2, 0.25) is 0 Å². The van der Waals surface area contributed by atoms with Crippen LogP contribution < -0.4 is 0 Å². The van der Waals surface area contributed by atoms with Gasteiger partial charge in [0, 0.05) is 6.92 Å². The molecule has 12 heteroatoms. The first-order valence-electron chi connectivity index (χ1n) is 10.1. The van der Waals surface area contributed by atoms with Gasteiger partial charge in [-0.1, -0.05) is 0 Å². The summed E-state index contributed by atoms with van der Waals surface area (Å²) in [6.07, 6.45) is -0.779. The van der Waals surface area contributed by atoms with Gasteiger partial charge in [-0.2, -0.15) is 0 Å². The second-order valence-electron chi connectivity index (χ2n) is 8.36. The highest BCUT2D eigenvalue weighted by Crippen LogP contribution is 2.46. The van der Waals surface area contributed by atoms with Crippen molar-refractivity contribution in [2.24, 2.45) is 41.4 Å². The number of cyclic esters (lactones) is 6. The third kappa shape index (κ3) is 3.59. The number of carbonyl (C=O) groups excluding carboxylic acids is 8. The van der Waals surface area contributed by atoms with Crippen LogP contribution in [0.25, 0.3) is 0 Å². The van der Waals surface area contributed by atoms with Crippen molar-refractivity contribution in [1.82, 2.24) is 0 Å². The molecule has 2 bridgehead atoms. The van der Waals surface area contributed by atoms with Crippen LogP contribution in [0.15, 0.2) is 0 Å². The van der Waals surface area contributed by atoms with E-state index in [0.717, 1.165) is 6.92 Å². The molecule has 3 heterocycles. The molecule has 0 spiro atoms. The molecule has 3 saturated heterocycles. The number of carbonyl (C=O) groups is 8. The fraction of sp³-hybridized carbons (Fsp3) is 0.600. The van der Waals surface area contributed by atoms with E-state index in [0.29, 0.717) is 0 Å². The largest absolute Gasteiger partial charge is 0.393 e. The van der Waals surface area contributed by atoms with E-state index < -0.39 is 89.2 Å². The zero-order valence-electron chi connectivity index (χ0n) is 16.8. The van der Waals surface area contributed by atoms with Crippen LogP contribution in [0.5, 0.6) is 0 Å². The molecule has 1 aliphatic carbocycles. The van der Waals surface area contributed by atoms with E-state index in [4.69, 9.17) is 14.2 Å². The van der Waals surface area contributed by atoms with Crippen molar-refractivity contribution >= 4 is 47.8 Å². The van der Waals surface area contributed by atoms with E-state index >= 15 is 0 Å². The van der Waals surface area contributed by atoms with Gasteiger partial charge in [-0.05, 0) is 25.7 Å². The molecule has 7 unspecified atom stereocenters.